The molecule has 1 aliphatic rings. The smallest absolute Gasteiger partial charge is 0.325 e. The average Bonchev–Trinajstić information content (AvgIpc) is 3.09. The molecule has 0 amide bonds. The van der Waals surface area contributed by atoms with Crippen LogP contribution in [0.25, 0.3) is 10.9 Å². The Morgan fingerprint density at radius 3 is 2.89 bits per heavy atom. The van der Waals surface area contributed by atoms with E-state index in [2.05, 4.69) is 17.4 Å². The third kappa shape index (κ3) is 3.55. The molecule has 1 atom stereocenters. The first kappa shape index (κ1) is 18.4. The van der Waals surface area contributed by atoms with E-state index in [-0.39, 0.29) is 18.6 Å². The summed E-state index contributed by atoms with van der Waals surface area (Å²) in [5.41, 5.74) is 3.33. The van der Waals surface area contributed by atoms with Crippen molar-refractivity contribution in [2.45, 2.75) is 25.6 Å². The molecule has 3 aromatic rings. The summed E-state index contributed by atoms with van der Waals surface area (Å²) in [5.74, 6) is 1.37. The largest absolute Gasteiger partial charge is 0.493 e. The number of hydrogen-bond acceptors (Lipinski definition) is 5. The van der Waals surface area contributed by atoms with E-state index in [1.54, 1.807) is 7.11 Å². The molecule has 0 saturated carbocycles. The molecule has 0 saturated heterocycles. The molecule has 0 unspecified atom stereocenters. The molecule has 1 aliphatic heterocycles. The molecule has 2 heterocycles. The van der Waals surface area contributed by atoms with Gasteiger partial charge in [0.1, 0.15) is 13.2 Å². The molecule has 0 radical (unpaired) electrons. The fraction of sp³-hybridized carbons (Fsp3) is 0.318. The lowest BCUT2D eigenvalue weighted by Gasteiger charge is -2.27. The number of carbonyl (C=O) groups is 1. The van der Waals surface area contributed by atoms with Gasteiger partial charge in [-0.15, -0.1) is 0 Å². The van der Waals surface area contributed by atoms with Crippen LogP contribution in [0.4, 0.5) is 0 Å². The van der Waals surface area contributed by atoms with E-state index < -0.39 is 0 Å². The minimum atomic E-state index is -0.258. The molecule has 6 nitrogen and oxygen atoms in total. The van der Waals surface area contributed by atoms with E-state index in [1.165, 1.54) is 7.11 Å². The van der Waals surface area contributed by atoms with Gasteiger partial charge in [-0.2, -0.15) is 0 Å². The highest BCUT2D eigenvalue weighted by molar-refractivity contribution is 5.85. The zero-order valence-corrected chi connectivity index (χ0v) is 16.1. The van der Waals surface area contributed by atoms with E-state index in [4.69, 9.17) is 14.2 Å². The van der Waals surface area contributed by atoms with Crippen LogP contribution in [0.5, 0.6) is 11.5 Å². The van der Waals surface area contributed by atoms with Crippen LogP contribution < -0.4 is 14.8 Å². The number of carbonyl (C=O) groups excluding carboxylic acids is 1. The lowest BCUT2D eigenvalue weighted by molar-refractivity contribution is -0.141. The summed E-state index contributed by atoms with van der Waals surface area (Å²) in [6.45, 7) is 1.49. The van der Waals surface area contributed by atoms with Gasteiger partial charge in [-0.1, -0.05) is 30.3 Å². The summed E-state index contributed by atoms with van der Waals surface area (Å²) in [6.07, 6.45) is 2.91. The number of para-hydroxylation sites is 2. The highest BCUT2D eigenvalue weighted by atomic mass is 16.5. The molecule has 1 N–H and O–H groups in total. The quantitative estimate of drug-likeness (QED) is 0.667. The molecule has 28 heavy (non-hydrogen) atoms. The van der Waals surface area contributed by atoms with Crippen molar-refractivity contribution < 1.29 is 19.0 Å². The number of hydrogen-bond donors (Lipinski definition) is 1. The van der Waals surface area contributed by atoms with Gasteiger partial charge in [0.05, 0.1) is 14.2 Å². The monoisotopic (exact) mass is 380 g/mol. The van der Waals surface area contributed by atoms with Crippen LogP contribution in [0.2, 0.25) is 0 Å². The third-order valence-corrected chi connectivity index (χ3v) is 5.15. The van der Waals surface area contributed by atoms with Crippen molar-refractivity contribution in [3.05, 3.63) is 59.8 Å². The number of nitrogens with one attached hydrogen (secondary N) is 1. The number of rotatable bonds is 6. The lowest BCUT2D eigenvalue weighted by Crippen LogP contribution is -2.38. The standard InChI is InChI=1S/C22H24N2O4/c1-26-20-9-5-6-15-10-17(14-28-22(15)20)23-11-16-12-24(13-21(25)27-2)19-8-4-3-7-18(16)19/h3-9,12,17,23H,10-11,13-14H2,1-2H3/t17-/m1/s1. The Labute approximate surface area is 164 Å². The molecule has 0 bridgehead atoms. The fourth-order valence-electron chi connectivity index (χ4n) is 3.74. The number of methoxy groups -OCH3 is 2. The molecular weight excluding hydrogens is 356 g/mol. The van der Waals surface area contributed by atoms with Crippen molar-refractivity contribution in [2.24, 2.45) is 0 Å². The minimum Gasteiger partial charge on any atom is -0.493 e. The van der Waals surface area contributed by atoms with Crippen molar-refractivity contribution in [2.75, 3.05) is 20.8 Å². The van der Waals surface area contributed by atoms with Gasteiger partial charge in [-0.05, 0) is 29.7 Å². The van der Waals surface area contributed by atoms with Crippen LogP contribution in [0.1, 0.15) is 11.1 Å². The molecule has 4 rings (SSSR count). The highest BCUT2D eigenvalue weighted by Crippen LogP contribution is 2.34. The van der Waals surface area contributed by atoms with Crippen molar-refractivity contribution in [1.82, 2.24) is 9.88 Å². The Balaban J connectivity index is 1.49. The van der Waals surface area contributed by atoms with E-state index in [1.807, 2.05) is 41.1 Å². The number of nitrogens with zero attached hydrogens (tertiary/aromatic N) is 1. The predicted octanol–water partition coefficient (Wildman–Crippen LogP) is 2.92. The summed E-state index contributed by atoms with van der Waals surface area (Å²) in [6, 6.07) is 14.3. The van der Waals surface area contributed by atoms with Crippen LogP contribution in [0.3, 0.4) is 0 Å². The summed E-state index contributed by atoms with van der Waals surface area (Å²) >= 11 is 0. The Bertz CT molecular complexity index is 995. The Kier molecular flexibility index (Phi) is 5.21. The van der Waals surface area contributed by atoms with E-state index in [9.17, 15) is 4.79 Å². The van der Waals surface area contributed by atoms with Crippen LogP contribution in [0.15, 0.2) is 48.7 Å². The number of esters is 1. The average molecular weight is 380 g/mol. The van der Waals surface area contributed by atoms with Crippen LogP contribution in [0, 0.1) is 0 Å². The summed E-state index contributed by atoms with van der Waals surface area (Å²) in [5, 5.41) is 4.73. The first-order chi connectivity index (χ1) is 13.7. The maximum Gasteiger partial charge on any atom is 0.325 e. The topological polar surface area (TPSA) is 61.7 Å². The van der Waals surface area contributed by atoms with Crippen LogP contribution in [-0.4, -0.2) is 37.4 Å². The molecule has 6 heteroatoms. The molecule has 146 valence electrons. The summed E-state index contributed by atoms with van der Waals surface area (Å²) in [7, 11) is 3.07. The Hall–Kier alpha value is -2.99. The van der Waals surface area contributed by atoms with E-state index in [0.29, 0.717) is 13.2 Å². The Morgan fingerprint density at radius 1 is 1.21 bits per heavy atom. The van der Waals surface area contributed by atoms with Gasteiger partial charge in [0, 0.05) is 29.7 Å². The normalized spacial score (nSPS) is 15.7. The minimum absolute atomic E-state index is 0.205. The maximum atomic E-state index is 11.7. The van der Waals surface area contributed by atoms with Crippen molar-refractivity contribution in [3.63, 3.8) is 0 Å². The van der Waals surface area contributed by atoms with Crippen LogP contribution in [-0.2, 0) is 29.0 Å². The zero-order chi connectivity index (χ0) is 19.5. The van der Waals surface area contributed by atoms with Gasteiger partial charge >= 0.3 is 5.97 Å². The highest BCUT2D eigenvalue weighted by Gasteiger charge is 2.22. The molecule has 1 aromatic heterocycles. The molecular formula is C22H24N2O4. The van der Waals surface area contributed by atoms with Crippen molar-refractivity contribution in [3.8, 4) is 11.5 Å². The maximum absolute atomic E-state index is 11.7. The van der Waals surface area contributed by atoms with Crippen LogP contribution >= 0.6 is 0 Å². The van der Waals surface area contributed by atoms with Gasteiger partial charge in [-0.25, -0.2) is 0 Å². The molecule has 0 fully saturated rings. The predicted molar refractivity (Wildman–Crippen MR) is 107 cm³/mol. The van der Waals surface area contributed by atoms with E-state index in [0.717, 1.165) is 39.9 Å². The lowest BCUT2D eigenvalue weighted by atomic mass is 10.0. The van der Waals surface area contributed by atoms with Crippen molar-refractivity contribution in [1.29, 1.82) is 0 Å². The van der Waals surface area contributed by atoms with Crippen molar-refractivity contribution >= 4 is 16.9 Å². The second-order valence-electron chi connectivity index (χ2n) is 6.92. The molecule has 0 aliphatic carbocycles. The number of benzene rings is 2. The number of aromatic nitrogens is 1. The number of fused-ring (bicyclic) bond motifs is 2. The zero-order valence-electron chi connectivity index (χ0n) is 16.1. The number of ether oxygens (including phenoxy) is 3. The SMILES string of the molecule is COC(=O)Cn1cc(CN[C@H]2COc3c(cccc3OC)C2)c2ccccc21. The second-order valence-corrected chi connectivity index (χ2v) is 6.92. The summed E-state index contributed by atoms with van der Waals surface area (Å²) < 4.78 is 18.1. The fourth-order valence-corrected chi connectivity index (χ4v) is 3.74. The third-order valence-electron chi connectivity index (χ3n) is 5.15. The summed E-state index contributed by atoms with van der Waals surface area (Å²) in [4.78, 5) is 11.7. The first-order valence-electron chi connectivity index (χ1n) is 9.35. The Morgan fingerprint density at radius 2 is 2.07 bits per heavy atom. The van der Waals surface area contributed by atoms with Gasteiger partial charge < -0.3 is 24.1 Å². The molecule has 2 aromatic carbocycles. The second kappa shape index (κ2) is 7.94. The first-order valence-corrected chi connectivity index (χ1v) is 9.35. The van der Waals surface area contributed by atoms with Gasteiger partial charge in [0.2, 0.25) is 0 Å². The van der Waals surface area contributed by atoms with Gasteiger partial charge in [0.25, 0.3) is 0 Å². The van der Waals surface area contributed by atoms with Gasteiger partial charge in [-0.3, -0.25) is 4.79 Å². The van der Waals surface area contributed by atoms with Gasteiger partial charge in [0.15, 0.2) is 11.5 Å². The van der Waals surface area contributed by atoms with E-state index >= 15 is 0 Å². The molecule has 0 spiro atoms.